The molecule has 0 spiro atoms. The molecule has 0 aliphatic heterocycles. The number of hydrogen-bond donors (Lipinski definition) is 2. The van der Waals surface area contributed by atoms with E-state index in [-0.39, 0.29) is 5.82 Å². The first-order valence-corrected chi connectivity index (χ1v) is 10.1. The van der Waals surface area contributed by atoms with E-state index in [0.717, 1.165) is 38.1 Å². The van der Waals surface area contributed by atoms with Crippen molar-refractivity contribution in [2.45, 2.75) is 17.8 Å². The Balaban J connectivity index is 1.69. The molecule has 4 rings (SSSR count). The van der Waals surface area contributed by atoms with Crippen LogP contribution in [-0.2, 0) is 5.75 Å². The average Bonchev–Trinajstić information content (AvgIpc) is 3.24. The van der Waals surface area contributed by atoms with Gasteiger partial charge in [-0.2, -0.15) is 0 Å². The second-order valence-corrected chi connectivity index (χ2v) is 8.18. The van der Waals surface area contributed by atoms with Crippen molar-refractivity contribution in [2.24, 2.45) is 0 Å². The number of rotatable bonds is 5. The fourth-order valence-corrected chi connectivity index (χ4v) is 4.47. The van der Waals surface area contributed by atoms with Crippen LogP contribution in [0, 0.1) is 12.7 Å². The van der Waals surface area contributed by atoms with E-state index in [1.54, 1.807) is 24.5 Å². The number of aromatic amines is 1. The summed E-state index contributed by atoms with van der Waals surface area (Å²) in [6, 6.07) is 12.1. The molecule has 0 unspecified atom stereocenters. The van der Waals surface area contributed by atoms with E-state index < -0.39 is 0 Å². The quantitative estimate of drug-likeness (QED) is 0.428. The van der Waals surface area contributed by atoms with Crippen LogP contribution in [0.5, 0.6) is 5.06 Å². The first-order chi connectivity index (χ1) is 13.1. The highest BCUT2D eigenvalue weighted by atomic mass is 32.2. The molecule has 0 aliphatic rings. The van der Waals surface area contributed by atoms with Crippen LogP contribution in [0.25, 0.3) is 22.5 Å². The maximum absolute atomic E-state index is 13.3. The molecule has 27 heavy (non-hydrogen) atoms. The van der Waals surface area contributed by atoms with Gasteiger partial charge in [-0.15, -0.1) is 11.3 Å². The summed E-state index contributed by atoms with van der Waals surface area (Å²) in [4.78, 5) is 13.2. The van der Waals surface area contributed by atoms with Crippen molar-refractivity contribution in [2.75, 3.05) is 0 Å². The molecule has 0 saturated carbocycles. The molecule has 4 nitrogen and oxygen atoms in total. The topological polar surface area (TPSA) is 61.8 Å². The number of aromatic nitrogens is 3. The lowest BCUT2D eigenvalue weighted by atomic mass is 10.1. The van der Waals surface area contributed by atoms with Crippen LogP contribution in [0.15, 0.2) is 60.0 Å². The van der Waals surface area contributed by atoms with Gasteiger partial charge in [-0.1, -0.05) is 11.8 Å². The first kappa shape index (κ1) is 17.8. The van der Waals surface area contributed by atoms with Crippen molar-refractivity contribution in [3.8, 4) is 27.6 Å². The lowest BCUT2D eigenvalue weighted by Gasteiger charge is -2.02. The highest BCUT2D eigenvalue weighted by Crippen LogP contribution is 2.36. The van der Waals surface area contributed by atoms with Crippen molar-refractivity contribution in [3.05, 3.63) is 71.1 Å². The van der Waals surface area contributed by atoms with Crippen LogP contribution in [0.1, 0.15) is 10.4 Å². The van der Waals surface area contributed by atoms with Gasteiger partial charge in [0.15, 0.2) is 10.2 Å². The molecule has 1 aromatic carbocycles. The number of thioether (sulfide) groups is 1. The second kappa shape index (κ2) is 7.54. The number of thiophene rings is 1. The third-order valence-corrected chi connectivity index (χ3v) is 5.86. The van der Waals surface area contributed by atoms with Crippen molar-refractivity contribution < 1.29 is 9.50 Å². The smallest absolute Gasteiger partial charge is 0.175 e. The minimum Gasteiger partial charge on any atom is -0.499 e. The molecule has 4 aromatic rings. The molecule has 0 atom stereocenters. The summed E-state index contributed by atoms with van der Waals surface area (Å²) in [7, 11) is 0. The molecular weight excluding hydrogens is 381 g/mol. The van der Waals surface area contributed by atoms with E-state index >= 15 is 0 Å². The number of aryl methyl sites for hydroxylation is 1. The second-order valence-electron chi connectivity index (χ2n) is 5.98. The monoisotopic (exact) mass is 397 g/mol. The van der Waals surface area contributed by atoms with Gasteiger partial charge in [0.25, 0.3) is 0 Å². The standard InChI is InChI=1S/C20H16FN3OS2/c1-12-10-15(19(25)27-12)11-26-20-23-17(13-2-4-16(21)5-3-13)18(24-20)14-6-8-22-9-7-14/h2-10,25H,11H2,1H3,(H,23,24). The minimum absolute atomic E-state index is 0.280. The molecule has 0 bridgehead atoms. The fraction of sp³-hybridized carbons (Fsp3) is 0.100. The predicted octanol–water partition coefficient (Wildman–Crippen LogP) is 5.65. The Kier molecular flexibility index (Phi) is 4.96. The molecule has 0 aliphatic carbocycles. The minimum atomic E-state index is -0.280. The van der Waals surface area contributed by atoms with Gasteiger partial charge in [0.05, 0.1) is 11.4 Å². The van der Waals surface area contributed by atoms with Crippen molar-refractivity contribution in [1.82, 2.24) is 15.0 Å². The van der Waals surface area contributed by atoms with Gasteiger partial charge in [-0.3, -0.25) is 4.98 Å². The largest absolute Gasteiger partial charge is 0.499 e. The Hall–Kier alpha value is -2.64. The summed E-state index contributed by atoms with van der Waals surface area (Å²) < 4.78 is 13.3. The SMILES string of the molecule is Cc1cc(CSc2nc(-c3ccc(F)cc3)c(-c3ccncc3)[nH]2)c(O)s1. The lowest BCUT2D eigenvalue weighted by molar-refractivity contribution is 0.486. The molecule has 0 radical (unpaired) electrons. The Bertz CT molecular complexity index is 1060. The maximum atomic E-state index is 13.3. The maximum Gasteiger partial charge on any atom is 0.175 e. The van der Waals surface area contributed by atoms with E-state index in [1.807, 2.05) is 25.1 Å². The third kappa shape index (κ3) is 3.89. The fourth-order valence-electron chi connectivity index (χ4n) is 2.77. The predicted molar refractivity (Wildman–Crippen MR) is 107 cm³/mol. The number of imidazole rings is 1. The van der Waals surface area contributed by atoms with E-state index in [9.17, 15) is 9.50 Å². The number of nitrogens with one attached hydrogen (secondary N) is 1. The molecule has 3 heterocycles. The highest BCUT2D eigenvalue weighted by Gasteiger charge is 2.15. The number of H-pyrrole nitrogens is 1. The van der Waals surface area contributed by atoms with Crippen LogP contribution in [0.2, 0.25) is 0 Å². The van der Waals surface area contributed by atoms with Gasteiger partial charge < -0.3 is 10.1 Å². The molecule has 136 valence electrons. The molecule has 7 heteroatoms. The van der Waals surface area contributed by atoms with E-state index in [0.29, 0.717) is 10.8 Å². The molecule has 2 N–H and O–H groups in total. The Labute approximate surface area is 164 Å². The number of pyridine rings is 1. The van der Waals surface area contributed by atoms with Crippen molar-refractivity contribution in [1.29, 1.82) is 0 Å². The van der Waals surface area contributed by atoms with E-state index in [2.05, 4.69) is 9.97 Å². The van der Waals surface area contributed by atoms with Crippen LogP contribution < -0.4 is 0 Å². The molecule has 0 fully saturated rings. The number of hydrogen-bond acceptors (Lipinski definition) is 5. The molecule has 0 amide bonds. The summed E-state index contributed by atoms with van der Waals surface area (Å²) in [6.07, 6.45) is 3.45. The first-order valence-electron chi connectivity index (χ1n) is 8.27. The zero-order chi connectivity index (χ0) is 18.8. The zero-order valence-electron chi connectivity index (χ0n) is 14.4. The Morgan fingerprint density at radius 1 is 1.11 bits per heavy atom. The highest BCUT2D eigenvalue weighted by molar-refractivity contribution is 7.98. The van der Waals surface area contributed by atoms with Crippen LogP contribution in [0.4, 0.5) is 4.39 Å². The van der Waals surface area contributed by atoms with E-state index in [1.165, 1.54) is 35.2 Å². The van der Waals surface area contributed by atoms with Crippen LogP contribution in [0.3, 0.4) is 0 Å². The number of nitrogens with zero attached hydrogens (tertiary/aromatic N) is 2. The molecule has 0 saturated heterocycles. The van der Waals surface area contributed by atoms with Gasteiger partial charge in [-0.25, -0.2) is 9.37 Å². The van der Waals surface area contributed by atoms with Crippen LogP contribution >= 0.6 is 23.1 Å². The Morgan fingerprint density at radius 3 is 2.52 bits per heavy atom. The zero-order valence-corrected chi connectivity index (χ0v) is 16.1. The summed E-state index contributed by atoms with van der Waals surface area (Å²) in [5.74, 6) is 0.333. The molecular formula is C20H16FN3OS2. The summed E-state index contributed by atoms with van der Waals surface area (Å²) in [5.41, 5.74) is 4.30. The number of halogens is 1. The van der Waals surface area contributed by atoms with Crippen LogP contribution in [-0.4, -0.2) is 20.1 Å². The van der Waals surface area contributed by atoms with Gasteiger partial charge in [0.2, 0.25) is 0 Å². The average molecular weight is 398 g/mol. The Morgan fingerprint density at radius 2 is 1.85 bits per heavy atom. The van der Waals surface area contributed by atoms with E-state index in [4.69, 9.17) is 4.98 Å². The van der Waals surface area contributed by atoms with Gasteiger partial charge in [-0.05, 0) is 49.4 Å². The van der Waals surface area contributed by atoms with Gasteiger partial charge in [0.1, 0.15) is 5.82 Å². The normalized spacial score (nSPS) is 11.0. The van der Waals surface area contributed by atoms with Crippen molar-refractivity contribution in [3.63, 3.8) is 0 Å². The summed E-state index contributed by atoms with van der Waals surface area (Å²) in [6.45, 7) is 1.97. The number of benzene rings is 1. The number of aromatic hydroxyl groups is 1. The van der Waals surface area contributed by atoms with Gasteiger partial charge >= 0.3 is 0 Å². The third-order valence-electron chi connectivity index (χ3n) is 4.04. The summed E-state index contributed by atoms with van der Waals surface area (Å²) in [5, 5.41) is 11.1. The lowest BCUT2D eigenvalue weighted by Crippen LogP contribution is -1.84. The van der Waals surface area contributed by atoms with Gasteiger partial charge in [0, 0.05) is 39.7 Å². The van der Waals surface area contributed by atoms with Crippen molar-refractivity contribution >= 4 is 23.1 Å². The molecule has 3 aromatic heterocycles. The summed E-state index contributed by atoms with van der Waals surface area (Å²) >= 11 is 2.90.